The third kappa shape index (κ3) is 3.44. The lowest BCUT2D eigenvalue weighted by molar-refractivity contribution is -0.136. The van der Waals surface area contributed by atoms with Crippen LogP contribution in [0, 0.1) is 11.8 Å². The van der Waals surface area contributed by atoms with Crippen molar-refractivity contribution in [2.24, 2.45) is 11.8 Å². The van der Waals surface area contributed by atoms with E-state index in [1.54, 1.807) is 17.7 Å². The number of carbonyl (C=O) groups excluding carboxylic acids is 1. The lowest BCUT2D eigenvalue weighted by Crippen LogP contribution is -2.48. The highest BCUT2D eigenvalue weighted by molar-refractivity contribution is 7.16. The second-order valence-electron chi connectivity index (χ2n) is 8.38. The van der Waals surface area contributed by atoms with E-state index in [0.29, 0.717) is 23.8 Å². The van der Waals surface area contributed by atoms with Gasteiger partial charge in [-0.05, 0) is 55.9 Å². The van der Waals surface area contributed by atoms with Gasteiger partial charge in [-0.25, -0.2) is 9.97 Å². The van der Waals surface area contributed by atoms with Crippen molar-refractivity contribution in [3.63, 3.8) is 0 Å². The quantitative estimate of drug-likeness (QED) is 0.800. The molecule has 1 saturated carbocycles. The number of nitrogens with zero attached hydrogens (tertiary/aromatic N) is 4. The fourth-order valence-corrected chi connectivity index (χ4v) is 5.71. The van der Waals surface area contributed by atoms with Gasteiger partial charge in [0.25, 0.3) is 0 Å². The Bertz CT molecular complexity index is 809. The van der Waals surface area contributed by atoms with E-state index in [0.717, 1.165) is 56.0 Å². The molecule has 0 N–H and O–H groups in total. The van der Waals surface area contributed by atoms with Crippen LogP contribution in [0.4, 0.5) is 5.82 Å². The van der Waals surface area contributed by atoms with Crippen LogP contribution in [0.25, 0.3) is 10.2 Å². The minimum atomic E-state index is 0.346. The van der Waals surface area contributed by atoms with E-state index in [4.69, 9.17) is 0 Å². The molecule has 2 aromatic rings. The average molecular weight is 385 g/mol. The molecule has 2 aliphatic heterocycles. The number of carbonyl (C=O) groups is 1. The summed E-state index contributed by atoms with van der Waals surface area (Å²) in [5.41, 5.74) is 0. The topological polar surface area (TPSA) is 49.3 Å². The van der Waals surface area contributed by atoms with Gasteiger partial charge in [0, 0.05) is 31.6 Å². The molecule has 3 aliphatic rings. The largest absolute Gasteiger partial charge is 0.356 e. The van der Waals surface area contributed by atoms with Crippen LogP contribution < -0.4 is 4.90 Å². The van der Waals surface area contributed by atoms with Crippen LogP contribution in [0.5, 0.6) is 0 Å². The van der Waals surface area contributed by atoms with Gasteiger partial charge in [-0.2, -0.15) is 0 Å². The van der Waals surface area contributed by atoms with E-state index >= 15 is 0 Å². The fourth-order valence-electron chi connectivity index (χ4n) is 4.99. The van der Waals surface area contributed by atoms with Crippen molar-refractivity contribution in [1.82, 2.24) is 14.9 Å². The first-order valence-corrected chi connectivity index (χ1v) is 11.4. The van der Waals surface area contributed by atoms with Gasteiger partial charge in [-0.15, -0.1) is 11.3 Å². The zero-order valence-electron chi connectivity index (χ0n) is 15.8. The van der Waals surface area contributed by atoms with Gasteiger partial charge in [0.15, 0.2) is 0 Å². The highest BCUT2D eigenvalue weighted by Crippen LogP contribution is 2.37. The van der Waals surface area contributed by atoms with Gasteiger partial charge in [-0.3, -0.25) is 4.79 Å². The van der Waals surface area contributed by atoms with E-state index in [2.05, 4.69) is 31.2 Å². The number of aromatic nitrogens is 2. The molecule has 0 bridgehead atoms. The summed E-state index contributed by atoms with van der Waals surface area (Å²) in [4.78, 5) is 27.6. The molecule has 1 atom stereocenters. The maximum absolute atomic E-state index is 12.9. The number of thiophene rings is 1. The maximum Gasteiger partial charge on any atom is 0.225 e. The van der Waals surface area contributed by atoms with Crippen LogP contribution in [0.15, 0.2) is 17.8 Å². The fraction of sp³-hybridized carbons (Fsp3) is 0.667. The summed E-state index contributed by atoms with van der Waals surface area (Å²) in [7, 11) is 0. The first-order valence-electron chi connectivity index (χ1n) is 10.5. The summed E-state index contributed by atoms with van der Waals surface area (Å²) in [6.07, 6.45) is 11.2. The monoisotopic (exact) mass is 384 g/mol. The Hall–Kier alpha value is -1.69. The highest BCUT2D eigenvalue weighted by atomic mass is 32.1. The lowest BCUT2D eigenvalue weighted by Gasteiger charge is -2.41. The van der Waals surface area contributed by atoms with Gasteiger partial charge >= 0.3 is 0 Å². The van der Waals surface area contributed by atoms with Crippen molar-refractivity contribution in [3.05, 3.63) is 17.8 Å². The molecule has 4 heterocycles. The zero-order chi connectivity index (χ0) is 18.2. The van der Waals surface area contributed by atoms with Gasteiger partial charge in [0.05, 0.1) is 5.39 Å². The first-order chi connectivity index (χ1) is 13.3. The number of fused-ring (bicyclic) bond motifs is 1. The molecule has 3 fully saturated rings. The third-order valence-corrected chi connectivity index (χ3v) is 7.45. The minimum Gasteiger partial charge on any atom is -0.356 e. The van der Waals surface area contributed by atoms with Crippen molar-refractivity contribution in [2.75, 3.05) is 24.5 Å². The zero-order valence-corrected chi connectivity index (χ0v) is 16.7. The first kappa shape index (κ1) is 17.4. The summed E-state index contributed by atoms with van der Waals surface area (Å²) in [6.45, 7) is 3.06. The second-order valence-corrected chi connectivity index (χ2v) is 9.28. The van der Waals surface area contributed by atoms with Crippen LogP contribution in [0.3, 0.4) is 0 Å². The summed E-state index contributed by atoms with van der Waals surface area (Å²) in [5.74, 6) is 2.53. The summed E-state index contributed by atoms with van der Waals surface area (Å²) >= 11 is 1.68. The molecular weight excluding hydrogens is 356 g/mol. The van der Waals surface area contributed by atoms with Crippen LogP contribution in [-0.4, -0.2) is 46.5 Å². The number of hydrogen-bond donors (Lipinski definition) is 0. The highest BCUT2D eigenvalue weighted by Gasteiger charge is 2.39. The Kier molecular flexibility index (Phi) is 4.76. The van der Waals surface area contributed by atoms with Crippen molar-refractivity contribution in [2.45, 2.75) is 57.4 Å². The molecule has 6 heteroatoms. The standard InChI is InChI=1S/C21H28N4OS/c26-21(16-5-6-16)25-10-3-1-2-4-18(25)15-7-11-24(12-8-15)19-17-9-13-27-20(17)23-14-22-19/h9,13-16,18H,1-8,10-12H2. The smallest absolute Gasteiger partial charge is 0.225 e. The molecular formula is C21H28N4OS. The molecule has 1 amide bonds. The normalized spacial score (nSPS) is 25.0. The van der Waals surface area contributed by atoms with E-state index in [-0.39, 0.29) is 0 Å². The predicted molar refractivity (Wildman–Crippen MR) is 109 cm³/mol. The minimum absolute atomic E-state index is 0.346. The Morgan fingerprint density at radius 1 is 1.00 bits per heavy atom. The molecule has 144 valence electrons. The van der Waals surface area contributed by atoms with E-state index in [1.165, 1.54) is 31.1 Å². The molecule has 0 radical (unpaired) electrons. The SMILES string of the molecule is O=C(C1CC1)N1CCCCCC1C1CCN(c2ncnc3sccc23)CC1. The van der Waals surface area contributed by atoms with Crippen molar-refractivity contribution >= 4 is 33.3 Å². The van der Waals surface area contributed by atoms with E-state index in [9.17, 15) is 4.79 Å². The van der Waals surface area contributed by atoms with Gasteiger partial charge in [-0.1, -0.05) is 12.8 Å². The molecule has 0 aromatic carbocycles. The third-order valence-electron chi connectivity index (χ3n) is 6.63. The number of amides is 1. The number of anilines is 1. The summed E-state index contributed by atoms with van der Waals surface area (Å²) in [6, 6.07) is 2.61. The van der Waals surface area contributed by atoms with Crippen LogP contribution in [-0.2, 0) is 4.79 Å². The Morgan fingerprint density at radius 3 is 2.67 bits per heavy atom. The van der Waals surface area contributed by atoms with Gasteiger partial charge < -0.3 is 9.80 Å². The number of hydrogen-bond acceptors (Lipinski definition) is 5. The average Bonchev–Trinajstić information content (AvgIpc) is 3.49. The lowest BCUT2D eigenvalue weighted by atomic mass is 9.86. The molecule has 2 aromatic heterocycles. The molecule has 1 unspecified atom stereocenters. The molecule has 5 nitrogen and oxygen atoms in total. The maximum atomic E-state index is 12.9. The Labute approximate surface area is 164 Å². The van der Waals surface area contributed by atoms with E-state index in [1.807, 2.05) is 0 Å². The number of piperidine rings is 1. The number of likely N-dealkylation sites (tertiary alicyclic amines) is 1. The van der Waals surface area contributed by atoms with Crippen molar-refractivity contribution in [1.29, 1.82) is 0 Å². The molecule has 0 spiro atoms. The molecule has 27 heavy (non-hydrogen) atoms. The number of rotatable bonds is 3. The van der Waals surface area contributed by atoms with Gasteiger partial charge in [0.1, 0.15) is 17.0 Å². The Morgan fingerprint density at radius 2 is 1.85 bits per heavy atom. The summed E-state index contributed by atoms with van der Waals surface area (Å²) < 4.78 is 0. The second kappa shape index (κ2) is 7.38. The van der Waals surface area contributed by atoms with Crippen LogP contribution >= 0.6 is 11.3 Å². The molecule has 5 rings (SSSR count). The van der Waals surface area contributed by atoms with Crippen LogP contribution in [0.2, 0.25) is 0 Å². The Balaban J connectivity index is 1.30. The van der Waals surface area contributed by atoms with Crippen LogP contribution in [0.1, 0.15) is 51.4 Å². The molecule has 2 saturated heterocycles. The van der Waals surface area contributed by atoms with E-state index < -0.39 is 0 Å². The van der Waals surface area contributed by atoms with Crippen molar-refractivity contribution in [3.8, 4) is 0 Å². The van der Waals surface area contributed by atoms with Crippen molar-refractivity contribution < 1.29 is 4.79 Å². The molecule has 1 aliphatic carbocycles. The summed E-state index contributed by atoms with van der Waals surface area (Å²) in [5, 5.41) is 3.28. The van der Waals surface area contributed by atoms with Gasteiger partial charge in [0.2, 0.25) is 5.91 Å². The predicted octanol–water partition coefficient (Wildman–Crippen LogP) is 4.09.